The Morgan fingerprint density at radius 2 is 1.80 bits per heavy atom. The molecular weight excluding hydrogens is 382 g/mol. The maximum absolute atomic E-state index is 12.9. The molecule has 7 nitrogen and oxygen atoms in total. The van der Waals surface area contributed by atoms with Crippen LogP contribution in [0.2, 0.25) is 0 Å². The summed E-state index contributed by atoms with van der Waals surface area (Å²) in [5.41, 5.74) is 4.29. The van der Waals surface area contributed by atoms with Crippen molar-refractivity contribution in [3.05, 3.63) is 58.4 Å². The van der Waals surface area contributed by atoms with E-state index in [1.807, 2.05) is 44.0 Å². The molecule has 0 aliphatic heterocycles. The molecule has 1 N–H and O–H groups in total. The fourth-order valence-electron chi connectivity index (χ4n) is 3.51. The number of nitrogens with zero attached hydrogens (tertiary/aromatic N) is 2. The molecule has 1 aromatic carbocycles. The second-order valence-corrected chi connectivity index (χ2v) is 7.49. The number of hydrogen-bond acceptors (Lipinski definition) is 5. The van der Waals surface area contributed by atoms with Crippen LogP contribution in [0.3, 0.4) is 0 Å². The number of esters is 1. The predicted octanol–water partition coefficient (Wildman–Crippen LogP) is 2.73. The number of rotatable bonds is 10. The Bertz CT molecular complexity index is 900. The molecule has 0 bridgehead atoms. The van der Waals surface area contributed by atoms with E-state index < -0.39 is 0 Å². The second-order valence-electron chi connectivity index (χ2n) is 7.49. The van der Waals surface area contributed by atoms with Crippen LogP contribution in [-0.4, -0.2) is 54.9 Å². The molecule has 7 heteroatoms. The van der Waals surface area contributed by atoms with Crippen molar-refractivity contribution in [1.29, 1.82) is 0 Å². The van der Waals surface area contributed by atoms with E-state index >= 15 is 0 Å². The van der Waals surface area contributed by atoms with Gasteiger partial charge in [-0.1, -0.05) is 12.1 Å². The molecule has 1 heterocycles. The first-order chi connectivity index (χ1) is 14.3. The molecular formula is C23H31N3O4. The number of aryl methyl sites for hydroxylation is 1. The van der Waals surface area contributed by atoms with Gasteiger partial charge in [-0.2, -0.15) is 0 Å². The number of Topliss-reactive ketones (excluding diaryl/α,β-unsaturated/α-hetero) is 1. The van der Waals surface area contributed by atoms with E-state index in [1.54, 1.807) is 19.2 Å². The van der Waals surface area contributed by atoms with E-state index in [0.717, 1.165) is 17.0 Å². The number of likely N-dealkylation sites (N-methyl/N-ethyl adjacent to an activating group) is 1. The van der Waals surface area contributed by atoms with Crippen LogP contribution in [0.1, 0.15) is 50.5 Å². The summed E-state index contributed by atoms with van der Waals surface area (Å²) in [4.78, 5) is 37.8. The summed E-state index contributed by atoms with van der Waals surface area (Å²) in [6.07, 6.45) is 1.03. The van der Waals surface area contributed by atoms with Crippen molar-refractivity contribution in [2.45, 2.75) is 39.8 Å². The number of ether oxygens (including phenoxy) is 1. The number of hydrogen-bond donors (Lipinski definition) is 1. The molecule has 0 radical (unpaired) electrons. The molecule has 0 saturated carbocycles. The number of aromatic nitrogens is 1. The highest BCUT2D eigenvalue weighted by molar-refractivity contribution is 5.99. The number of carbonyl (C=O) groups is 3. The standard InChI is InChI=1S/C23H31N3O4/c1-16-13-20(17(2)26(16)12-6-7-22(28)30-5)21(27)15-25(4)14-18-8-10-19(11-9-18)23(29)24-3/h8-11,13H,6-7,12,14-15H2,1-5H3,(H,24,29). The van der Waals surface area contributed by atoms with E-state index in [9.17, 15) is 14.4 Å². The average Bonchev–Trinajstić information content (AvgIpc) is 3.01. The fourth-order valence-corrected chi connectivity index (χ4v) is 3.51. The van der Waals surface area contributed by atoms with Crippen LogP contribution >= 0.6 is 0 Å². The van der Waals surface area contributed by atoms with Gasteiger partial charge in [0.15, 0.2) is 5.78 Å². The Labute approximate surface area is 178 Å². The van der Waals surface area contributed by atoms with E-state index in [1.165, 1.54) is 7.11 Å². The van der Waals surface area contributed by atoms with E-state index in [0.29, 0.717) is 43.6 Å². The zero-order chi connectivity index (χ0) is 22.3. The summed E-state index contributed by atoms with van der Waals surface area (Å²) in [6, 6.07) is 9.29. The molecule has 30 heavy (non-hydrogen) atoms. The quantitative estimate of drug-likeness (QED) is 0.479. The van der Waals surface area contributed by atoms with Crippen LogP contribution in [0.4, 0.5) is 0 Å². The highest BCUT2D eigenvalue weighted by Crippen LogP contribution is 2.18. The molecule has 0 aliphatic carbocycles. The van der Waals surface area contributed by atoms with Gasteiger partial charge in [-0.3, -0.25) is 19.3 Å². The summed E-state index contributed by atoms with van der Waals surface area (Å²) in [6.45, 7) is 5.49. The lowest BCUT2D eigenvalue weighted by molar-refractivity contribution is -0.140. The van der Waals surface area contributed by atoms with Gasteiger partial charge in [0.2, 0.25) is 0 Å². The third-order valence-corrected chi connectivity index (χ3v) is 5.17. The molecule has 0 spiro atoms. The van der Waals surface area contributed by atoms with Crippen molar-refractivity contribution in [2.75, 3.05) is 27.7 Å². The maximum Gasteiger partial charge on any atom is 0.305 e. The topological polar surface area (TPSA) is 80.6 Å². The van der Waals surface area contributed by atoms with Gasteiger partial charge < -0.3 is 14.6 Å². The Morgan fingerprint density at radius 1 is 1.13 bits per heavy atom. The zero-order valence-electron chi connectivity index (χ0n) is 18.4. The number of carbonyl (C=O) groups excluding carboxylic acids is 3. The molecule has 1 aromatic heterocycles. The van der Waals surface area contributed by atoms with Crippen LogP contribution in [0.15, 0.2) is 30.3 Å². The molecule has 2 rings (SSSR count). The first kappa shape index (κ1) is 23.3. The van der Waals surface area contributed by atoms with Crippen LogP contribution in [0.5, 0.6) is 0 Å². The Hall–Kier alpha value is -2.93. The maximum atomic E-state index is 12.9. The lowest BCUT2D eigenvalue weighted by atomic mass is 10.1. The van der Waals surface area contributed by atoms with Crippen molar-refractivity contribution >= 4 is 17.7 Å². The summed E-state index contributed by atoms with van der Waals surface area (Å²) in [7, 11) is 4.89. The SMILES string of the molecule is CNC(=O)c1ccc(CN(C)CC(=O)c2cc(C)n(CCCC(=O)OC)c2C)cc1. The highest BCUT2D eigenvalue weighted by Gasteiger charge is 2.17. The second kappa shape index (κ2) is 10.7. The predicted molar refractivity (Wildman–Crippen MR) is 116 cm³/mol. The van der Waals surface area contributed by atoms with Crippen molar-refractivity contribution in [2.24, 2.45) is 0 Å². The number of amides is 1. The lowest BCUT2D eigenvalue weighted by Gasteiger charge is -2.16. The summed E-state index contributed by atoms with van der Waals surface area (Å²) in [5, 5.41) is 2.60. The number of benzene rings is 1. The number of nitrogens with one attached hydrogen (secondary N) is 1. The summed E-state index contributed by atoms with van der Waals surface area (Å²) >= 11 is 0. The lowest BCUT2D eigenvalue weighted by Crippen LogP contribution is -2.26. The van der Waals surface area contributed by atoms with Crippen LogP contribution in [0, 0.1) is 13.8 Å². The van der Waals surface area contributed by atoms with Gasteiger partial charge in [0, 0.05) is 49.1 Å². The van der Waals surface area contributed by atoms with E-state index in [-0.39, 0.29) is 17.7 Å². The zero-order valence-corrected chi connectivity index (χ0v) is 18.4. The Balaban J connectivity index is 1.97. The molecule has 2 aromatic rings. The molecule has 0 saturated heterocycles. The first-order valence-corrected chi connectivity index (χ1v) is 10.0. The third-order valence-electron chi connectivity index (χ3n) is 5.17. The van der Waals surface area contributed by atoms with Crippen molar-refractivity contribution < 1.29 is 19.1 Å². The summed E-state index contributed by atoms with van der Waals surface area (Å²) in [5.74, 6) is -0.280. The third kappa shape index (κ3) is 6.03. The number of methoxy groups -OCH3 is 1. The molecule has 162 valence electrons. The fraction of sp³-hybridized carbons (Fsp3) is 0.435. The Kier molecular flexibility index (Phi) is 8.35. The minimum Gasteiger partial charge on any atom is -0.469 e. The molecule has 0 atom stereocenters. The monoisotopic (exact) mass is 413 g/mol. The normalized spacial score (nSPS) is 10.9. The average molecular weight is 414 g/mol. The van der Waals surface area contributed by atoms with Gasteiger partial charge in [0.25, 0.3) is 5.91 Å². The van der Waals surface area contributed by atoms with E-state index in [4.69, 9.17) is 0 Å². The Morgan fingerprint density at radius 3 is 2.40 bits per heavy atom. The smallest absolute Gasteiger partial charge is 0.305 e. The highest BCUT2D eigenvalue weighted by atomic mass is 16.5. The van der Waals surface area contributed by atoms with Gasteiger partial charge >= 0.3 is 5.97 Å². The van der Waals surface area contributed by atoms with Crippen molar-refractivity contribution in [3.63, 3.8) is 0 Å². The van der Waals surface area contributed by atoms with Crippen LogP contribution in [-0.2, 0) is 22.6 Å². The van der Waals surface area contributed by atoms with Crippen LogP contribution < -0.4 is 5.32 Å². The molecule has 0 unspecified atom stereocenters. The largest absolute Gasteiger partial charge is 0.469 e. The molecule has 0 fully saturated rings. The van der Waals surface area contributed by atoms with Gasteiger partial charge in [0.1, 0.15) is 0 Å². The molecule has 1 amide bonds. The van der Waals surface area contributed by atoms with Gasteiger partial charge in [-0.25, -0.2) is 0 Å². The van der Waals surface area contributed by atoms with Gasteiger partial charge in [-0.15, -0.1) is 0 Å². The van der Waals surface area contributed by atoms with Crippen molar-refractivity contribution in [1.82, 2.24) is 14.8 Å². The number of ketones is 1. The van der Waals surface area contributed by atoms with Gasteiger partial charge in [0.05, 0.1) is 13.7 Å². The van der Waals surface area contributed by atoms with Crippen LogP contribution in [0.25, 0.3) is 0 Å². The summed E-state index contributed by atoms with van der Waals surface area (Å²) < 4.78 is 6.76. The van der Waals surface area contributed by atoms with E-state index in [2.05, 4.69) is 14.6 Å². The minimum absolute atomic E-state index is 0.0619. The minimum atomic E-state index is -0.223. The molecule has 0 aliphatic rings. The van der Waals surface area contributed by atoms with Gasteiger partial charge in [-0.05, 0) is 51.1 Å². The van der Waals surface area contributed by atoms with Crippen molar-refractivity contribution in [3.8, 4) is 0 Å². The first-order valence-electron chi connectivity index (χ1n) is 10.0.